The number of rotatable bonds is 8. The minimum Gasteiger partial charge on any atom is -0.493 e. The third-order valence-electron chi connectivity index (χ3n) is 7.25. The molecule has 0 bridgehead atoms. The molecule has 1 aliphatic rings. The number of hydrogen-bond donors (Lipinski definition) is 0. The van der Waals surface area contributed by atoms with E-state index >= 15 is 0 Å². The lowest BCUT2D eigenvalue weighted by atomic mass is 10.1. The second kappa shape index (κ2) is 10.6. The van der Waals surface area contributed by atoms with Crippen LogP contribution in [0.15, 0.2) is 59.8 Å². The topological polar surface area (TPSA) is 68.9 Å². The average Bonchev–Trinajstić information content (AvgIpc) is 3.48. The maximum atomic E-state index is 13.7. The fourth-order valence-corrected chi connectivity index (χ4v) is 6.59. The van der Waals surface area contributed by atoms with E-state index in [9.17, 15) is 8.42 Å². The Morgan fingerprint density at radius 2 is 1.55 bits per heavy atom. The van der Waals surface area contributed by atoms with Crippen LogP contribution >= 0.6 is 11.6 Å². The highest BCUT2D eigenvalue weighted by atomic mass is 35.5. The molecule has 10 heteroatoms. The van der Waals surface area contributed by atoms with Crippen LogP contribution in [-0.4, -0.2) is 80.7 Å². The van der Waals surface area contributed by atoms with Crippen molar-refractivity contribution >= 4 is 32.5 Å². The summed E-state index contributed by atoms with van der Waals surface area (Å²) in [5, 5.41) is 1.20. The van der Waals surface area contributed by atoms with E-state index in [1.54, 1.807) is 44.6 Å². The van der Waals surface area contributed by atoms with Crippen molar-refractivity contribution in [2.45, 2.75) is 18.4 Å². The Balaban J connectivity index is 1.62. The van der Waals surface area contributed by atoms with Gasteiger partial charge in [-0.3, -0.25) is 4.90 Å². The van der Waals surface area contributed by atoms with Gasteiger partial charge in [0.05, 0.1) is 35.3 Å². The summed E-state index contributed by atoms with van der Waals surface area (Å²) >= 11 is 6.43. The first-order valence-electron chi connectivity index (χ1n) is 12.6. The molecule has 5 rings (SSSR count). The standard InChI is InChI=1S/C28H33ClN4O4S/c1-20-5-7-22(8-6-20)38(34,35)33-18-21(29)15-26(33)24-19-32(14-13-31-11-9-30(2)10-12-31)25-17-28(37-4)27(36-3)16-23(24)25/h5-8,15-19H,9-14H2,1-4H3. The molecule has 0 amide bonds. The number of ether oxygens (including phenoxy) is 2. The number of likely N-dealkylation sites (N-methyl/N-ethyl adjacent to an activating group) is 1. The van der Waals surface area contributed by atoms with Crippen molar-refractivity contribution in [2.24, 2.45) is 0 Å². The van der Waals surface area contributed by atoms with Crippen LogP contribution in [0.3, 0.4) is 0 Å². The zero-order valence-electron chi connectivity index (χ0n) is 22.1. The lowest BCUT2D eigenvalue weighted by Gasteiger charge is -2.32. The van der Waals surface area contributed by atoms with Gasteiger partial charge in [0.1, 0.15) is 0 Å². The fourth-order valence-electron chi connectivity index (χ4n) is 4.96. The third-order valence-corrected chi connectivity index (χ3v) is 9.14. The van der Waals surface area contributed by atoms with Gasteiger partial charge in [0.15, 0.2) is 11.5 Å². The van der Waals surface area contributed by atoms with Crippen molar-refractivity contribution in [3.8, 4) is 22.8 Å². The van der Waals surface area contributed by atoms with Crippen LogP contribution in [0.5, 0.6) is 11.5 Å². The molecule has 0 spiro atoms. The van der Waals surface area contributed by atoms with Crippen molar-refractivity contribution in [1.82, 2.24) is 18.3 Å². The molecule has 0 unspecified atom stereocenters. The van der Waals surface area contributed by atoms with Crippen molar-refractivity contribution in [1.29, 1.82) is 0 Å². The van der Waals surface area contributed by atoms with Crippen LogP contribution in [0, 0.1) is 6.92 Å². The molecule has 4 aromatic rings. The summed E-state index contributed by atoms with van der Waals surface area (Å²) in [5.74, 6) is 1.19. The predicted octanol–water partition coefficient (Wildman–Crippen LogP) is 4.57. The Bertz CT molecular complexity index is 1550. The molecule has 0 aliphatic carbocycles. The highest BCUT2D eigenvalue weighted by Crippen LogP contribution is 2.40. The van der Waals surface area contributed by atoms with Gasteiger partial charge in [-0.1, -0.05) is 29.3 Å². The normalized spacial score (nSPS) is 15.3. The molecule has 2 aromatic carbocycles. The third kappa shape index (κ3) is 5.03. The maximum absolute atomic E-state index is 13.7. The number of halogens is 1. The molecule has 1 saturated heterocycles. The lowest BCUT2D eigenvalue weighted by Crippen LogP contribution is -2.45. The second-order valence-corrected chi connectivity index (χ2v) is 12.0. The predicted molar refractivity (Wildman–Crippen MR) is 151 cm³/mol. The smallest absolute Gasteiger partial charge is 0.268 e. The largest absolute Gasteiger partial charge is 0.493 e. The quantitative estimate of drug-likeness (QED) is 0.317. The number of nitrogens with zero attached hydrogens (tertiary/aromatic N) is 4. The van der Waals surface area contributed by atoms with Crippen LogP contribution in [-0.2, 0) is 16.6 Å². The molecule has 0 N–H and O–H groups in total. The number of benzene rings is 2. The minimum atomic E-state index is -3.88. The number of methoxy groups -OCH3 is 2. The molecule has 0 atom stereocenters. The monoisotopic (exact) mass is 556 g/mol. The van der Waals surface area contributed by atoms with Gasteiger partial charge in [-0.2, -0.15) is 0 Å². The van der Waals surface area contributed by atoms with E-state index in [0.717, 1.165) is 61.3 Å². The molecule has 1 fully saturated rings. The van der Waals surface area contributed by atoms with E-state index < -0.39 is 10.0 Å². The van der Waals surface area contributed by atoms with Crippen LogP contribution in [0.2, 0.25) is 5.02 Å². The Morgan fingerprint density at radius 1 is 0.895 bits per heavy atom. The van der Waals surface area contributed by atoms with Crippen LogP contribution in [0.4, 0.5) is 0 Å². The Labute approximate surface area is 229 Å². The van der Waals surface area contributed by atoms with Gasteiger partial charge in [-0.05, 0) is 38.2 Å². The van der Waals surface area contributed by atoms with Gasteiger partial charge in [-0.15, -0.1) is 0 Å². The van der Waals surface area contributed by atoms with E-state index in [4.69, 9.17) is 21.1 Å². The summed E-state index contributed by atoms with van der Waals surface area (Å²) in [7, 11) is 1.47. The van der Waals surface area contributed by atoms with E-state index in [0.29, 0.717) is 22.2 Å². The zero-order chi connectivity index (χ0) is 27.0. The van der Waals surface area contributed by atoms with Gasteiger partial charge in [0.25, 0.3) is 10.0 Å². The Hall–Kier alpha value is -2.98. The van der Waals surface area contributed by atoms with Crippen LogP contribution < -0.4 is 9.47 Å². The zero-order valence-corrected chi connectivity index (χ0v) is 23.7. The molecule has 38 heavy (non-hydrogen) atoms. The summed E-state index contributed by atoms with van der Waals surface area (Å²) in [6.07, 6.45) is 3.46. The maximum Gasteiger partial charge on any atom is 0.268 e. The molecule has 1 aliphatic heterocycles. The van der Waals surface area contributed by atoms with Crippen molar-refractivity contribution in [3.63, 3.8) is 0 Å². The average molecular weight is 557 g/mol. The molecular formula is C28H33ClN4O4S. The van der Waals surface area contributed by atoms with Crippen molar-refractivity contribution in [2.75, 3.05) is 54.0 Å². The first-order chi connectivity index (χ1) is 18.2. The SMILES string of the molecule is COc1cc2c(-c3cc(Cl)cn3S(=O)(=O)c3ccc(C)cc3)cn(CCN3CCN(C)CC3)c2cc1OC. The van der Waals surface area contributed by atoms with E-state index in [1.165, 1.54) is 10.2 Å². The second-order valence-electron chi connectivity index (χ2n) is 9.76. The number of aryl methyl sites for hydroxylation is 1. The Morgan fingerprint density at radius 3 is 2.21 bits per heavy atom. The first kappa shape index (κ1) is 26.6. The van der Waals surface area contributed by atoms with Gasteiger partial charge in [-0.25, -0.2) is 12.4 Å². The fraction of sp³-hybridized carbons (Fsp3) is 0.357. The number of aromatic nitrogens is 2. The number of piperazine rings is 1. The van der Waals surface area contributed by atoms with Gasteiger partial charge in [0.2, 0.25) is 0 Å². The molecule has 0 saturated carbocycles. The molecule has 0 radical (unpaired) electrons. The lowest BCUT2D eigenvalue weighted by molar-refractivity contribution is 0.150. The number of fused-ring (bicyclic) bond motifs is 1. The van der Waals surface area contributed by atoms with E-state index in [-0.39, 0.29) is 4.90 Å². The highest BCUT2D eigenvalue weighted by molar-refractivity contribution is 7.90. The number of hydrogen-bond acceptors (Lipinski definition) is 6. The molecule has 2 aromatic heterocycles. The van der Waals surface area contributed by atoms with Gasteiger partial charge >= 0.3 is 0 Å². The summed E-state index contributed by atoms with van der Waals surface area (Å²) in [4.78, 5) is 4.99. The molecule has 8 nitrogen and oxygen atoms in total. The van der Waals surface area contributed by atoms with E-state index in [2.05, 4.69) is 21.4 Å². The van der Waals surface area contributed by atoms with Crippen molar-refractivity contribution < 1.29 is 17.9 Å². The van der Waals surface area contributed by atoms with Crippen LogP contribution in [0.1, 0.15) is 5.56 Å². The highest BCUT2D eigenvalue weighted by Gasteiger charge is 2.25. The van der Waals surface area contributed by atoms with Gasteiger partial charge < -0.3 is 18.9 Å². The Kier molecular flexibility index (Phi) is 7.46. The molecule has 3 heterocycles. The van der Waals surface area contributed by atoms with E-state index in [1.807, 2.05) is 25.3 Å². The molecular weight excluding hydrogens is 524 g/mol. The van der Waals surface area contributed by atoms with Crippen LogP contribution in [0.25, 0.3) is 22.2 Å². The summed E-state index contributed by atoms with van der Waals surface area (Å²) in [6, 6.07) is 12.4. The van der Waals surface area contributed by atoms with Crippen molar-refractivity contribution in [3.05, 3.63) is 65.4 Å². The van der Waals surface area contributed by atoms with Gasteiger partial charge in [0, 0.05) is 68.7 Å². The summed E-state index contributed by atoms with van der Waals surface area (Å²) < 4.78 is 42.1. The summed E-state index contributed by atoms with van der Waals surface area (Å²) in [6.45, 7) is 7.69. The minimum absolute atomic E-state index is 0.203. The first-order valence-corrected chi connectivity index (χ1v) is 14.4. The summed E-state index contributed by atoms with van der Waals surface area (Å²) in [5.41, 5.74) is 3.16. The molecule has 202 valence electrons.